The van der Waals surface area contributed by atoms with Gasteiger partial charge in [0, 0.05) is 46.0 Å². The van der Waals surface area contributed by atoms with E-state index in [1.807, 2.05) is 36.7 Å². The van der Waals surface area contributed by atoms with E-state index in [0.29, 0.717) is 0 Å². The van der Waals surface area contributed by atoms with Crippen molar-refractivity contribution in [1.29, 1.82) is 0 Å². The van der Waals surface area contributed by atoms with Crippen molar-refractivity contribution in [2.45, 2.75) is 25.7 Å². The van der Waals surface area contributed by atoms with Gasteiger partial charge in [-0.25, -0.2) is 0 Å². The summed E-state index contributed by atoms with van der Waals surface area (Å²) in [7, 11) is 0. The highest BCUT2D eigenvalue weighted by atomic mass is 35.5. The summed E-state index contributed by atoms with van der Waals surface area (Å²) in [6, 6.07) is 19.1. The van der Waals surface area contributed by atoms with Crippen molar-refractivity contribution in [3.8, 4) is 0 Å². The van der Waals surface area contributed by atoms with Gasteiger partial charge in [-0.2, -0.15) is 0 Å². The van der Waals surface area contributed by atoms with E-state index in [9.17, 15) is 0 Å². The molecular formula is C26H22Cl2N2. The van der Waals surface area contributed by atoms with Gasteiger partial charge in [0.2, 0.25) is 0 Å². The first kappa shape index (κ1) is 20.6. The molecule has 0 saturated heterocycles. The fourth-order valence-electron chi connectivity index (χ4n) is 4.31. The van der Waals surface area contributed by atoms with Crippen molar-refractivity contribution >= 4 is 56.3 Å². The molecule has 1 aliphatic rings. The van der Waals surface area contributed by atoms with Gasteiger partial charge in [-0.15, -0.1) is 12.4 Å². The van der Waals surface area contributed by atoms with Crippen LogP contribution in [0.5, 0.6) is 0 Å². The average Bonchev–Trinajstić information content (AvgIpc) is 2.79. The Morgan fingerprint density at radius 2 is 1.27 bits per heavy atom. The zero-order chi connectivity index (χ0) is 19.6. The Morgan fingerprint density at radius 1 is 0.633 bits per heavy atom. The monoisotopic (exact) mass is 432 g/mol. The summed E-state index contributed by atoms with van der Waals surface area (Å²) in [5, 5.41) is 8.32. The molecule has 4 heteroatoms. The molecule has 150 valence electrons. The number of nitrogens with zero attached hydrogens (tertiary/aromatic N) is 2. The van der Waals surface area contributed by atoms with Gasteiger partial charge in [0.05, 0.1) is 0 Å². The number of hydrogen-bond acceptors (Lipinski definition) is 2. The first-order valence-electron chi connectivity index (χ1n) is 10.1. The van der Waals surface area contributed by atoms with E-state index in [4.69, 9.17) is 11.6 Å². The topological polar surface area (TPSA) is 25.8 Å². The zero-order valence-electron chi connectivity index (χ0n) is 16.5. The van der Waals surface area contributed by atoms with Crippen LogP contribution in [-0.4, -0.2) is 9.97 Å². The van der Waals surface area contributed by atoms with E-state index in [1.165, 1.54) is 41.8 Å². The smallest absolute Gasteiger partial charge is 0.0484 e. The summed E-state index contributed by atoms with van der Waals surface area (Å²) >= 11 is 6.30. The molecule has 5 aromatic rings. The minimum absolute atomic E-state index is 0. The summed E-state index contributed by atoms with van der Waals surface area (Å²) < 4.78 is 0. The number of fused-ring (bicyclic) bond motifs is 6. The molecule has 3 aromatic carbocycles. The molecule has 0 atom stereocenters. The van der Waals surface area contributed by atoms with E-state index in [2.05, 4.69) is 40.3 Å². The van der Waals surface area contributed by atoms with Crippen molar-refractivity contribution in [2.24, 2.45) is 0 Å². The second kappa shape index (κ2) is 8.99. The van der Waals surface area contributed by atoms with E-state index >= 15 is 0 Å². The molecule has 0 spiro atoms. The van der Waals surface area contributed by atoms with Gasteiger partial charge in [-0.3, -0.25) is 9.97 Å². The molecule has 0 fully saturated rings. The Hall–Kier alpha value is -2.68. The zero-order valence-corrected chi connectivity index (χ0v) is 18.1. The van der Waals surface area contributed by atoms with E-state index in [1.54, 1.807) is 23.5 Å². The minimum atomic E-state index is 0. The van der Waals surface area contributed by atoms with Crippen LogP contribution in [0.4, 0.5) is 0 Å². The molecule has 2 aromatic heterocycles. The summed E-state index contributed by atoms with van der Waals surface area (Å²) in [4.78, 5) is 7.97. The van der Waals surface area contributed by atoms with Gasteiger partial charge in [-0.05, 0) is 71.2 Å². The quantitative estimate of drug-likeness (QED) is 0.235. The number of halogens is 2. The van der Waals surface area contributed by atoms with E-state index < -0.39 is 0 Å². The van der Waals surface area contributed by atoms with Gasteiger partial charge < -0.3 is 0 Å². The van der Waals surface area contributed by atoms with Crippen LogP contribution in [0, 0.1) is 0 Å². The predicted octanol–water partition coefficient (Wildman–Crippen LogP) is 7.58. The standard InChI is InChI=1S/C18H15Cl.C8H6N2.ClH/c19-18-7-3-6-14-16-9-8-12-4-1-2-5-13(12)15(16)10-11-17(14)18;1-3-9-6-8-2-4-10-5-7(1)8;/h3,6-11H,1-2,4-5H2;1-6H;1H. The van der Waals surface area contributed by atoms with Gasteiger partial charge in [0.25, 0.3) is 0 Å². The van der Waals surface area contributed by atoms with Crippen LogP contribution in [0.3, 0.4) is 0 Å². The third kappa shape index (κ3) is 3.86. The molecule has 0 saturated carbocycles. The Bertz CT molecular complexity index is 1270. The van der Waals surface area contributed by atoms with Crippen LogP contribution in [0.1, 0.15) is 24.0 Å². The fourth-order valence-corrected chi connectivity index (χ4v) is 4.55. The van der Waals surface area contributed by atoms with Crippen molar-refractivity contribution in [2.75, 3.05) is 0 Å². The summed E-state index contributed by atoms with van der Waals surface area (Å²) in [6.07, 6.45) is 12.3. The third-order valence-electron chi connectivity index (χ3n) is 5.78. The highest BCUT2D eigenvalue weighted by molar-refractivity contribution is 6.36. The molecule has 0 aliphatic heterocycles. The van der Waals surface area contributed by atoms with Crippen LogP contribution >= 0.6 is 24.0 Å². The summed E-state index contributed by atoms with van der Waals surface area (Å²) in [6.45, 7) is 0. The molecule has 0 amide bonds. The molecule has 30 heavy (non-hydrogen) atoms. The van der Waals surface area contributed by atoms with E-state index in [-0.39, 0.29) is 12.4 Å². The number of aryl methyl sites for hydroxylation is 2. The van der Waals surface area contributed by atoms with E-state index in [0.717, 1.165) is 21.2 Å². The Kier molecular flexibility index (Phi) is 6.17. The summed E-state index contributed by atoms with van der Waals surface area (Å²) in [5.74, 6) is 0. The Labute approximate surface area is 187 Å². The number of hydrogen-bond donors (Lipinski definition) is 0. The number of rotatable bonds is 0. The van der Waals surface area contributed by atoms with Crippen LogP contribution in [0.2, 0.25) is 5.02 Å². The van der Waals surface area contributed by atoms with Gasteiger partial charge in [0.1, 0.15) is 0 Å². The van der Waals surface area contributed by atoms with Crippen LogP contribution in [-0.2, 0) is 12.8 Å². The third-order valence-corrected chi connectivity index (χ3v) is 6.11. The van der Waals surface area contributed by atoms with Gasteiger partial charge in [0.15, 0.2) is 0 Å². The van der Waals surface area contributed by atoms with Crippen molar-refractivity contribution in [1.82, 2.24) is 9.97 Å². The lowest BCUT2D eigenvalue weighted by Gasteiger charge is -2.18. The molecular weight excluding hydrogens is 411 g/mol. The number of benzene rings is 3. The molecule has 2 heterocycles. The molecule has 0 bridgehead atoms. The minimum Gasteiger partial charge on any atom is -0.264 e. The second-order valence-corrected chi connectivity index (χ2v) is 7.91. The maximum Gasteiger partial charge on any atom is 0.0484 e. The maximum absolute atomic E-state index is 6.30. The SMILES string of the molecule is Cl.Clc1cccc2c1ccc1c3c(ccc12)CCCC3.c1cc2cnccc2cn1. The highest BCUT2D eigenvalue weighted by Crippen LogP contribution is 2.35. The Balaban J connectivity index is 0.000000168. The van der Waals surface area contributed by atoms with Gasteiger partial charge in [-0.1, -0.05) is 48.0 Å². The lowest BCUT2D eigenvalue weighted by atomic mass is 9.86. The number of aromatic nitrogens is 2. The van der Waals surface area contributed by atoms with Crippen LogP contribution < -0.4 is 0 Å². The fraction of sp³-hybridized carbons (Fsp3) is 0.154. The Morgan fingerprint density at radius 3 is 2.03 bits per heavy atom. The predicted molar refractivity (Wildman–Crippen MR) is 130 cm³/mol. The van der Waals surface area contributed by atoms with Crippen molar-refractivity contribution in [3.63, 3.8) is 0 Å². The van der Waals surface area contributed by atoms with Crippen molar-refractivity contribution < 1.29 is 0 Å². The highest BCUT2D eigenvalue weighted by Gasteiger charge is 2.13. The molecule has 0 radical (unpaired) electrons. The van der Waals surface area contributed by atoms with Crippen LogP contribution in [0.25, 0.3) is 32.3 Å². The van der Waals surface area contributed by atoms with Gasteiger partial charge >= 0.3 is 0 Å². The lowest BCUT2D eigenvalue weighted by Crippen LogP contribution is -2.03. The first-order valence-corrected chi connectivity index (χ1v) is 10.4. The normalized spacial score (nSPS) is 12.7. The second-order valence-electron chi connectivity index (χ2n) is 7.50. The molecule has 2 nitrogen and oxygen atoms in total. The molecule has 1 aliphatic carbocycles. The van der Waals surface area contributed by atoms with Crippen LogP contribution in [0.15, 0.2) is 79.4 Å². The molecule has 6 rings (SSSR count). The summed E-state index contributed by atoms with van der Waals surface area (Å²) in [5.41, 5.74) is 3.10. The molecule has 0 unspecified atom stereocenters. The average molecular weight is 433 g/mol. The van der Waals surface area contributed by atoms with Crippen molar-refractivity contribution in [3.05, 3.63) is 95.5 Å². The largest absolute Gasteiger partial charge is 0.264 e. The number of pyridine rings is 2. The molecule has 0 N–H and O–H groups in total. The maximum atomic E-state index is 6.30. The lowest BCUT2D eigenvalue weighted by molar-refractivity contribution is 0.690. The first-order chi connectivity index (χ1) is 14.3.